The van der Waals surface area contributed by atoms with Gasteiger partial charge in [-0.15, -0.1) is 0 Å². The van der Waals surface area contributed by atoms with Crippen LogP contribution in [-0.4, -0.2) is 27.1 Å². The van der Waals surface area contributed by atoms with Gasteiger partial charge in [-0.2, -0.15) is 0 Å². The van der Waals surface area contributed by atoms with Crippen LogP contribution in [0, 0.1) is 0 Å². The van der Waals surface area contributed by atoms with Crippen LogP contribution in [0.15, 0.2) is 66.0 Å². The topological polar surface area (TPSA) is 90.0 Å². The highest BCUT2D eigenvalue weighted by Crippen LogP contribution is 2.26. The molecule has 2 aromatic carbocycles. The van der Waals surface area contributed by atoms with Crippen molar-refractivity contribution in [3.63, 3.8) is 0 Å². The molecule has 0 fully saturated rings. The quantitative estimate of drug-likeness (QED) is 0.615. The summed E-state index contributed by atoms with van der Waals surface area (Å²) in [5, 5.41) is 3.51. The Balaban J connectivity index is 1.70. The summed E-state index contributed by atoms with van der Waals surface area (Å²) in [6, 6.07) is 16.7. The summed E-state index contributed by atoms with van der Waals surface area (Å²) in [6.07, 6.45) is 1.82. The van der Waals surface area contributed by atoms with E-state index in [4.69, 9.17) is 5.73 Å². The van der Waals surface area contributed by atoms with Gasteiger partial charge in [0.25, 0.3) is 5.91 Å². The van der Waals surface area contributed by atoms with E-state index in [1.807, 2.05) is 43.5 Å². The number of aromatic nitrogens is 2. The lowest BCUT2D eigenvalue weighted by Crippen LogP contribution is -2.19. The van der Waals surface area contributed by atoms with Crippen molar-refractivity contribution in [2.45, 2.75) is 18.6 Å². The van der Waals surface area contributed by atoms with E-state index in [0.717, 1.165) is 23.0 Å². The van der Waals surface area contributed by atoms with E-state index in [9.17, 15) is 9.59 Å². The highest BCUT2D eigenvalue weighted by molar-refractivity contribution is 7.99. The number of rotatable bonds is 7. The summed E-state index contributed by atoms with van der Waals surface area (Å²) in [6.45, 7) is 2.79. The molecule has 0 saturated heterocycles. The lowest BCUT2D eigenvalue weighted by atomic mass is 10.1. The first-order valence-electron chi connectivity index (χ1n) is 8.52. The maximum atomic E-state index is 12.3. The van der Waals surface area contributed by atoms with Crippen LogP contribution in [-0.2, 0) is 11.3 Å². The molecule has 7 heteroatoms. The van der Waals surface area contributed by atoms with Crippen LogP contribution in [0.3, 0.4) is 0 Å². The van der Waals surface area contributed by atoms with Gasteiger partial charge < -0.3 is 15.6 Å². The number of hydrogen-bond acceptors (Lipinski definition) is 4. The van der Waals surface area contributed by atoms with Gasteiger partial charge >= 0.3 is 0 Å². The predicted octanol–water partition coefficient (Wildman–Crippen LogP) is 3.40. The predicted molar refractivity (Wildman–Crippen MR) is 108 cm³/mol. The van der Waals surface area contributed by atoms with E-state index < -0.39 is 5.91 Å². The summed E-state index contributed by atoms with van der Waals surface area (Å²) in [4.78, 5) is 28.2. The zero-order chi connectivity index (χ0) is 19.2. The SMILES string of the molecule is CCn1c(-c2ccccc2)cnc1SCC(=O)Nc1ccccc1C(N)=O. The largest absolute Gasteiger partial charge is 0.366 e. The molecule has 27 heavy (non-hydrogen) atoms. The number of thioether (sulfide) groups is 1. The maximum absolute atomic E-state index is 12.3. The zero-order valence-corrected chi connectivity index (χ0v) is 15.7. The Bertz CT molecular complexity index is 954. The Morgan fingerprint density at radius 1 is 1.11 bits per heavy atom. The standard InChI is InChI=1S/C20H20N4O2S/c1-2-24-17(14-8-4-3-5-9-14)12-22-20(24)27-13-18(25)23-16-11-7-6-10-15(16)19(21)26/h3-12H,2,13H2,1H3,(H2,21,26)(H,23,25). The van der Waals surface area contributed by atoms with Gasteiger partial charge in [0, 0.05) is 6.54 Å². The van der Waals surface area contributed by atoms with E-state index in [2.05, 4.69) is 14.9 Å². The van der Waals surface area contributed by atoms with Gasteiger partial charge in [-0.1, -0.05) is 54.2 Å². The van der Waals surface area contributed by atoms with E-state index in [1.165, 1.54) is 11.8 Å². The molecule has 2 amide bonds. The molecule has 0 aliphatic carbocycles. The molecule has 0 atom stereocenters. The number of benzene rings is 2. The van der Waals surface area contributed by atoms with E-state index in [0.29, 0.717) is 5.69 Å². The third kappa shape index (κ3) is 4.38. The summed E-state index contributed by atoms with van der Waals surface area (Å²) >= 11 is 1.35. The molecule has 0 spiro atoms. The summed E-state index contributed by atoms with van der Waals surface area (Å²) < 4.78 is 2.07. The third-order valence-electron chi connectivity index (χ3n) is 4.00. The minimum Gasteiger partial charge on any atom is -0.366 e. The van der Waals surface area contributed by atoms with Crippen molar-refractivity contribution < 1.29 is 9.59 Å². The monoisotopic (exact) mass is 380 g/mol. The van der Waals surface area contributed by atoms with Crippen LogP contribution in [0.2, 0.25) is 0 Å². The number of hydrogen-bond donors (Lipinski definition) is 2. The van der Waals surface area contributed by atoms with Crippen molar-refractivity contribution in [1.29, 1.82) is 0 Å². The Labute approximate surface area is 161 Å². The number of nitrogens with zero attached hydrogens (tertiary/aromatic N) is 2. The highest BCUT2D eigenvalue weighted by Gasteiger charge is 2.14. The molecular weight excluding hydrogens is 360 g/mol. The smallest absolute Gasteiger partial charge is 0.250 e. The Kier molecular flexibility index (Phi) is 5.93. The molecular formula is C20H20N4O2S. The van der Waals surface area contributed by atoms with Gasteiger partial charge in [-0.05, 0) is 24.6 Å². The van der Waals surface area contributed by atoms with Crippen molar-refractivity contribution in [2.75, 3.05) is 11.1 Å². The number of nitrogens with one attached hydrogen (secondary N) is 1. The number of carbonyl (C=O) groups excluding carboxylic acids is 2. The number of carbonyl (C=O) groups is 2. The first kappa shape index (κ1) is 18.7. The minimum absolute atomic E-state index is 0.179. The van der Waals surface area contributed by atoms with Crippen molar-refractivity contribution in [2.24, 2.45) is 5.73 Å². The van der Waals surface area contributed by atoms with Gasteiger partial charge in [0.15, 0.2) is 5.16 Å². The highest BCUT2D eigenvalue weighted by atomic mass is 32.2. The average Bonchev–Trinajstić information content (AvgIpc) is 3.10. The summed E-state index contributed by atoms with van der Waals surface area (Å²) in [5.41, 5.74) is 8.14. The van der Waals surface area contributed by atoms with Crippen LogP contribution in [0.4, 0.5) is 5.69 Å². The normalized spacial score (nSPS) is 10.6. The van der Waals surface area contributed by atoms with Crippen molar-refractivity contribution in [3.05, 3.63) is 66.4 Å². The van der Waals surface area contributed by atoms with Gasteiger partial charge in [0.05, 0.1) is 28.9 Å². The second kappa shape index (κ2) is 8.55. The van der Waals surface area contributed by atoms with E-state index in [1.54, 1.807) is 24.3 Å². The fourth-order valence-electron chi connectivity index (χ4n) is 2.74. The molecule has 0 radical (unpaired) electrons. The van der Waals surface area contributed by atoms with Crippen molar-refractivity contribution in [3.8, 4) is 11.3 Å². The first-order chi connectivity index (χ1) is 13.1. The number of anilines is 1. The van der Waals surface area contributed by atoms with Crippen LogP contribution < -0.4 is 11.1 Å². The Morgan fingerprint density at radius 3 is 2.52 bits per heavy atom. The van der Waals surface area contributed by atoms with Crippen LogP contribution >= 0.6 is 11.8 Å². The summed E-state index contributed by atoms with van der Waals surface area (Å²) in [5.74, 6) is -0.619. The number of nitrogens with two attached hydrogens (primary N) is 1. The molecule has 0 aliphatic rings. The van der Waals surface area contributed by atoms with Crippen LogP contribution in [0.5, 0.6) is 0 Å². The number of amides is 2. The lowest BCUT2D eigenvalue weighted by molar-refractivity contribution is -0.113. The molecule has 0 saturated carbocycles. The maximum Gasteiger partial charge on any atom is 0.250 e. The second-order valence-electron chi connectivity index (χ2n) is 5.78. The van der Waals surface area contributed by atoms with Crippen LogP contribution in [0.1, 0.15) is 17.3 Å². The van der Waals surface area contributed by atoms with Crippen molar-refractivity contribution in [1.82, 2.24) is 9.55 Å². The first-order valence-corrected chi connectivity index (χ1v) is 9.51. The fraction of sp³-hybridized carbons (Fsp3) is 0.150. The van der Waals surface area contributed by atoms with Gasteiger partial charge in [-0.3, -0.25) is 9.59 Å². The minimum atomic E-state index is -0.576. The van der Waals surface area contributed by atoms with Gasteiger partial charge in [-0.25, -0.2) is 4.98 Å². The third-order valence-corrected chi connectivity index (χ3v) is 4.99. The van der Waals surface area contributed by atoms with Crippen molar-refractivity contribution >= 4 is 29.3 Å². The fourth-order valence-corrected chi connectivity index (χ4v) is 3.59. The lowest BCUT2D eigenvalue weighted by Gasteiger charge is -2.10. The molecule has 0 unspecified atom stereocenters. The molecule has 1 aromatic heterocycles. The molecule has 3 N–H and O–H groups in total. The van der Waals surface area contributed by atoms with E-state index >= 15 is 0 Å². The Morgan fingerprint density at radius 2 is 1.81 bits per heavy atom. The molecule has 1 heterocycles. The zero-order valence-electron chi connectivity index (χ0n) is 14.9. The van der Waals surface area contributed by atoms with Crippen LogP contribution in [0.25, 0.3) is 11.3 Å². The second-order valence-corrected chi connectivity index (χ2v) is 6.73. The molecule has 6 nitrogen and oxygen atoms in total. The van der Waals surface area contributed by atoms with Gasteiger partial charge in [0.2, 0.25) is 5.91 Å². The number of imidazole rings is 1. The average molecular weight is 380 g/mol. The molecule has 138 valence electrons. The Hall–Kier alpha value is -3.06. The molecule has 3 rings (SSSR count). The molecule has 0 bridgehead atoms. The van der Waals surface area contributed by atoms with E-state index in [-0.39, 0.29) is 17.2 Å². The van der Waals surface area contributed by atoms with Gasteiger partial charge in [0.1, 0.15) is 0 Å². The molecule has 0 aliphatic heterocycles. The number of primary amides is 1. The molecule has 3 aromatic rings. The number of para-hydroxylation sites is 1. The summed E-state index contributed by atoms with van der Waals surface area (Å²) in [7, 11) is 0.